The quantitative estimate of drug-likeness (QED) is 0.699. The monoisotopic (exact) mass is 372 g/mol. The first kappa shape index (κ1) is 17.6. The number of anilines is 3. The summed E-state index contributed by atoms with van der Waals surface area (Å²) in [7, 11) is 1.54. The Bertz CT molecular complexity index is 935. The first-order valence-electron chi connectivity index (χ1n) is 7.54. The summed E-state index contributed by atoms with van der Waals surface area (Å²) in [6.45, 7) is 0. The zero-order valence-corrected chi connectivity index (χ0v) is 14.4. The average Bonchev–Trinajstić information content (AvgIpc) is 2.62. The van der Waals surface area contributed by atoms with Crippen molar-refractivity contribution in [1.82, 2.24) is 9.97 Å². The molecule has 6 nitrogen and oxygen atoms in total. The third-order valence-electron chi connectivity index (χ3n) is 3.39. The maximum Gasteiger partial charge on any atom is 0.275 e. The standard InChI is InChI=1S/C18H14ClFN4O2/c1-26-16-6-5-13(8-14(16)19)23-17-10-21-15(9-22-17)18(25)24-12-4-2-3-11(20)7-12/h2-10H,1H3,(H,22,23)(H,24,25). The number of hydrogen-bond acceptors (Lipinski definition) is 5. The molecule has 0 saturated heterocycles. The lowest BCUT2D eigenvalue weighted by atomic mass is 10.3. The highest BCUT2D eigenvalue weighted by Gasteiger charge is 2.09. The number of carbonyl (C=O) groups excluding carboxylic acids is 1. The van der Waals surface area contributed by atoms with Gasteiger partial charge in [-0.2, -0.15) is 0 Å². The Balaban J connectivity index is 1.68. The van der Waals surface area contributed by atoms with E-state index in [1.165, 1.54) is 37.7 Å². The molecule has 3 aromatic rings. The fraction of sp³-hybridized carbons (Fsp3) is 0.0556. The van der Waals surface area contributed by atoms with E-state index in [2.05, 4.69) is 20.6 Å². The molecule has 132 valence electrons. The topological polar surface area (TPSA) is 76.1 Å². The van der Waals surface area contributed by atoms with Crippen molar-refractivity contribution in [3.63, 3.8) is 0 Å². The van der Waals surface area contributed by atoms with Crippen LogP contribution in [0.2, 0.25) is 5.02 Å². The van der Waals surface area contributed by atoms with Crippen LogP contribution in [0, 0.1) is 5.82 Å². The van der Waals surface area contributed by atoms with E-state index < -0.39 is 11.7 Å². The summed E-state index contributed by atoms with van der Waals surface area (Å²) in [6.07, 6.45) is 2.74. The van der Waals surface area contributed by atoms with E-state index in [4.69, 9.17) is 16.3 Å². The fourth-order valence-corrected chi connectivity index (χ4v) is 2.42. The summed E-state index contributed by atoms with van der Waals surface area (Å²) in [5.41, 5.74) is 1.14. The molecule has 2 aromatic carbocycles. The van der Waals surface area contributed by atoms with Gasteiger partial charge in [0.15, 0.2) is 0 Å². The summed E-state index contributed by atoms with van der Waals surface area (Å²) in [6, 6.07) is 10.8. The number of aromatic nitrogens is 2. The molecule has 0 radical (unpaired) electrons. The van der Waals surface area contributed by atoms with Gasteiger partial charge in [0.05, 0.1) is 24.5 Å². The Morgan fingerprint density at radius 3 is 2.62 bits per heavy atom. The van der Waals surface area contributed by atoms with Gasteiger partial charge in [0.2, 0.25) is 0 Å². The van der Waals surface area contributed by atoms with Gasteiger partial charge in [0, 0.05) is 11.4 Å². The van der Waals surface area contributed by atoms with E-state index in [0.717, 1.165) is 0 Å². The second-order valence-corrected chi connectivity index (χ2v) is 5.63. The Morgan fingerprint density at radius 2 is 1.96 bits per heavy atom. The van der Waals surface area contributed by atoms with E-state index in [0.29, 0.717) is 28.0 Å². The van der Waals surface area contributed by atoms with Crippen LogP contribution < -0.4 is 15.4 Å². The maximum absolute atomic E-state index is 13.2. The third kappa shape index (κ3) is 4.25. The summed E-state index contributed by atoms with van der Waals surface area (Å²) in [4.78, 5) is 20.3. The second kappa shape index (κ2) is 7.79. The third-order valence-corrected chi connectivity index (χ3v) is 3.69. The van der Waals surface area contributed by atoms with E-state index >= 15 is 0 Å². The molecular weight excluding hydrogens is 359 g/mol. The maximum atomic E-state index is 13.2. The Kier molecular flexibility index (Phi) is 5.28. The van der Waals surface area contributed by atoms with Crippen LogP contribution in [0.1, 0.15) is 10.5 Å². The van der Waals surface area contributed by atoms with Crippen molar-refractivity contribution in [2.75, 3.05) is 17.7 Å². The van der Waals surface area contributed by atoms with Crippen LogP contribution >= 0.6 is 11.6 Å². The lowest BCUT2D eigenvalue weighted by Gasteiger charge is -2.09. The van der Waals surface area contributed by atoms with Crippen molar-refractivity contribution in [1.29, 1.82) is 0 Å². The molecule has 1 heterocycles. The molecule has 0 unspecified atom stereocenters. The molecule has 8 heteroatoms. The van der Waals surface area contributed by atoms with Gasteiger partial charge >= 0.3 is 0 Å². The highest BCUT2D eigenvalue weighted by Crippen LogP contribution is 2.28. The Morgan fingerprint density at radius 1 is 1.12 bits per heavy atom. The molecule has 1 aromatic heterocycles. The molecule has 0 aliphatic carbocycles. The van der Waals surface area contributed by atoms with Crippen LogP contribution in [-0.4, -0.2) is 23.0 Å². The second-order valence-electron chi connectivity index (χ2n) is 5.23. The van der Waals surface area contributed by atoms with Crippen LogP contribution in [0.25, 0.3) is 0 Å². The highest BCUT2D eigenvalue weighted by atomic mass is 35.5. The van der Waals surface area contributed by atoms with Crippen LogP contribution in [0.4, 0.5) is 21.6 Å². The molecular formula is C18H14ClFN4O2. The number of nitrogens with zero attached hydrogens (tertiary/aromatic N) is 2. The molecule has 0 spiro atoms. The molecule has 1 amide bonds. The normalized spacial score (nSPS) is 10.3. The summed E-state index contributed by atoms with van der Waals surface area (Å²) >= 11 is 6.07. The van der Waals surface area contributed by atoms with Crippen molar-refractivity contribution < 1.29 is 13.9 Å². The number of benzene rings is 2. The summed E-state index contributed by atoms with van der Waals surface area (Å²) < 4.78 is 18.2. The lowest BCUT2D eigenvalue weighted by Crippen LogP contribution is -2.14. The minimum absolute atomic E-state index is 0.104. The minimum Gasteiger partial charge on any atom is -0.495 e. The fourth-order valence-electron chi connectivity index (χ4n) is 2.16. The smallest absolute Gasteiger partial charge is 0.275 e. The van der Waals surface area contributed by atoms with Crippen LogP contribution in [-0.2, 0) is 0 Å². The van der Waals surface area contributed by atoms with Crippen molar-refractivity contribution >= 4 is 34.7 Å². The predicted octanol–water partition coefficient (Wildman–Crippen LogP) is 4.27. The van der Waals surface area contributed by atoms with Gasteiger partial charge in [-0.15, -0.1) is 0 Å². The predicted molar refractivity (Wildman–Crippen MR) is 97.7 cm³/mol. The van der Waals surface area contributed by atoms with Crippen molar-refractivity contribution in [2.24, 2.45) is 0 Å². The Hall–Kier alpha value is -3.19. The molecule has 0 aliphatic rings. The molecule has 26 heavy (non-hydrogen) atoms. The van der Waals surface area contributed by atoms with Crippen molar-refractivity contribution in [3.05, 3.63) is 71.4 Å². The number of methoxy groups -OCH3 is 1. The summed E-state index contributed by atoms with van der Waals surface area (Å²) in [5.74, 6) is 0.0786. The van der Waals surface area contributed by atoms with Gasteiger partial charge in [-0.3, -0.25) is 4.79 Å². The first-order chi connectivity index (χ1) is 12.5. The zero-order chi connectivity index (χ0) is 18.5. The average molecular weight is 373 g/mol. The number of amides is 1. The molecule has 0 bridgehead atoms. The number of halogens is 2. The SMILES string of the molecule is COc1ccc(Nc2cnc(C(=O)Nc3cccc(F)c3)cn2)cc1Cl. The van der Waals surface area contributed by atoms with Gasteiger partial charge in [-0.1, -0.05) is 17.7 Å². The van der Waals surface area contributed by atoms with Gasteiger partial charge in [-0.25, -0.2) is 14.4 Å². The number of nitrogens with one attached hydrogen (secondary N) is 2. The molecule has 2 N–H and O–H groups in total. The van der Waals surface area contributed by atoms with Gasteiger partial charge in [0.1, 0.15) is 23.1 Å². The van der Waals surface area contributed by atoms with E-state index in [1.807, 2.05) is 0 Å². The van der Waals surface area contributed by atoms with Crippen molar-refractivity contribution in [2.45, 2.75) is 0 Å². The summed E-state index contributed by atoms with van der Waals surface area (Å²) in [5, 5.41) is 6.03. The number of ether oxygens (including phenoxy) is 1. The van der Waals surface area contributed by atoms with Crippen molar-refractivity contribution in [3.8, 4) is 5.75 Å². The first-order valence-corrected chi connectivity index (χ1v) is 7.92. The largest absolute Gasteiger partial charge is 0.495 e. The van der Waals surface area contributed by atoms with Crippen LogP contribution in [0.3, 0.4) is 0 Å². The zero-order valence-electron chi connectivity index (χ0n) is 13.7. The van der Waals surface area contributed by atoms with Crippen LogP contribution in [0.15, 0.2) is 54.9 Å². The van der Waals surface area contributed by atoms with E-state index in [1.54, 1.807) is 24.3 Å². The van der Waals surface area contributed by atoms with Gasteiger partial charge in [-0.05, 0) is 36.4 Å². The van der Waals surface area contributed by atoms with E-state index in [-0.39, 0.29) is 5.69 Å². The van der Waals surface area contributed by atoms with Crippen LogP contribution in [0.5, 0.6) is 5.75 Å². The number of carbonyl (C=O) groups is 1. The highest BCUT2D eigenvalue weighted by molar-refractivity contribution is 6.32. The number of hydrogen-bond donors (Lipinski definition) is 2. The van der Waals surface area contributed by atoms with E-state index in [9.17, 15) is 9.18 Å². The molecule has 0 aliphatic heterocycles. The molecule has 0 atom stereocenters. The van der Waals surface area contributed by atoms with Gasteiger partial charge in [0.25, 0.3) is 5.91 Å². The minimum atomic E-state index is -0.484. The number of rotatable bonds is 5. The molecule has 0 saturated carbocycles. The lowest BCUT2D eigenvalue weighted by molar-refractivity contribution is 0.102. The van der Waals surface area contributed by atoms with Gasteiger partial charge < -0.3 is 15.4 Å². The molecule has 3 rings (SSSR count). The Labute approximate surface area is 154 Å². The molecule has 0 fully saturated rings.